The first-order chi connectivity index (χ1) is 11.6. The molecule has 0 bridgehead atoms. The highest BCUT2D eigenvalue weighted by Crippen LogP contribution is 2.28. The minimum absolute atomic E-state index is 0.0856. The van der Waals surface area contributed by atoms with Gasteiger partial charge in [-0.25, -0.2) is 8.42 Å². The molecule has 2 heterocycles. The molecule has 0 spiro atoms. The largest absolute Gasteiger partial charge is 0.335 e. The summed E-state index contributed by atoms with van der Waals surface area (Å²) in [5.41, 5.74) is 0. The third kappa shape index (κ3) is 4.72. The van der Waals surface area contributed by atoms with E-state index in [2.05, 4.69) is 4.90 Å². The van der Waals surface area contributed by atoms with Crippen LogP contribution in [0.1, 0.15) is 64.2 Å². The van der Waals surface area contributed by atoms with Crippen molar-refractivity contribution in [1.82, 2.24) is 9.80 Å². The topological polar surface area (TPSA) is 57.7 Å². The predicted octanol–water partition coefficient (Wildman–Crippen LogP) is 2.21. The van der Waals surface area contributed by atoms with E-state index in [4.69, 9.17) is 0 Å². The summed E-state index contributed by atoms with van der Waals surface area (Å²) in [5.74, 6) is 0.596. The number of hydrogen-bond donors (Lipinski definition) is 0. The molecule has 1 atom stereocenters. The standard InChI is InChI=1S/C18H32N2O3S/c21-18(14-19-11-6-1-2-7-12-19)20(16-8-4-3-5-9-16)17-10-13-24(22,23)15-17/h16-17H,1-15H2. The first kappa shape index (κ1) is 18.2. The number of likely N-dealkylation sites (tertiary alicyclic amines) is 1. The van der Waals surface area contributed by atoms with Crippen molar-refractivity contribution >= 4 is 15.7 Å². The van der Waals surface area contributed by atoms with E-state index in [9.17, 15) is 13.2 Å². The average molecular weight is 357 g/mol. The Morgan fingerprint density at radius 3 is 2.08 bits per heavy atom. The number of carbonyl (C=O) groups excluding carboxylic acids is 1. The molecule has 3 fully saturated rings. The maximum Gasteiger partial charge on any atom is 0.237 e. The van der Waals surface area contributed by atoms with E-state index in [1.165, 1.54) is 32.1 Å². The molecule has 0 aromatic carbocycles. The van der Waals surface area contributed by atoms with Crippen molar-refractivity contribution in [3.8, 4) is 0 Å². The summed E-state index contributed by atoms with van der Waals surface area (Å²) >= 11 is 0. The third-order valence-corrected chi connectivity index (χ3v) is 7.67. The molecule has 2 aliphatic heterocycles. The maximum atomic E-state index is 13.1. The number of sulfone groups is 1. The van der Waals surface area contributed by atoms with Crippen LogP contribution in [0.15, 0.2) is 0 Å². The smallest absolute Gasteiger partial charge is 0.237 e. The quantitative estimate of drug-likeness (QED) is 0.775. The van der Waals surface area contributed by atoms with Crippen LogP contribution in [0.25, 0.3) is 0 Å². The lowest BCUT2D eigenvalue weighted by Gasteiger charge is -2.39. The van der Waals surface area contributed by atoms with Gasteiger partial charge in [0.25, 0.3) is 0 Å². The van der Waals surface area contributed by atoms with Crippen LogP contribution < -0.4 is 0 Å². The molecule has 5 nitrogen and oxygen atoms in total. The van der Waals surface area contributed by atoms with E-state index in [0.717, 1.165) is 38.8 Å². The Bertz CT molecular complexity index is 520. The summed E-state index contributed by atoms with van der Waals surface area (Å²) in [6.45, 7) is 2.49. The second-order valence-corrected chi connectivity index (χ2v) is 10.1. The van der Waals surface area contributed by atoms with Crippen LogP contribution in [0.5, 0.6) is 0 Å². The zero-order chi connectivity index (χ0) is 17.0. The fraction of sp³-hybridized carbons (Fsp3) is 0.944. The molecule has 3 aliphatic rings. The fourth-order valence-electron chi connectivity index (χ4n) is 4.63. The molecule has 0 N–H and O–H groups in total. The van der Waals surface area contributed by atoms with Gasteiger partial charge in [-0.1, -0.05) is 32.1 Å². The fourth-order valence-corrected chi connectivity index (χ4v) is 6.34. The van der Waals surface area contributed by atoms with Crippen LogP contribution in [0.2, 0.25) is 0 Å². The molecule has 0 radical (unpaired) electrons. The minimum atomic E-state index is -2.96. The third-order valence-electron chi connectivity index (χ3n) is 5.92. The highest BCUT2D eigenvalue weighted by molar-refractivity contribution is 7.91. The Kier molecular flexibility index (Phi) is 6.19. The monoisotopic (exact) mass is 356 g/mol. The number of hydrogen-bond acceptors (Lipinski definition) is 4. The van der Waals surface area contributed by atoms with Crippen molar-refractivity contribution in [2.45, 2.75) is 76.3 Å². The zero-order valence-electron chi connectivity index (χ0n) is 14.8. The van der Waals surface area contributed by atoms with Crippen molar-refractivity contribution in [3.05, 3.63) is 0 Å². The number of nitrogens with zero attached hydrogens (tertiary/aromatic N) is 2. The lowest BCUT2D eigenvalue weighted by atomic mass is 9.92. The van der Waals surface area contributed by atoms with Crippen molar-refractivity contribution in [2.24, 2.45) is 0 Å². The molecule has 0 aromatic heterocycles. The second kappa shape index (κ2) is 8.17. The van der Waals surface area contributed by atoms with E-state index in [1.807, 2.05) is 4.90 Å². The van der Waals surface area contributed by atoms with E-state index >= 15 is 0 Å². The van der Waals surface area contributed by atoms with Gasteiger partial charge in [-0.3, -0.25) is 9.69 Å². The summed E-state index contributed by atoms with van der Waals surface area (Å²) in [4.78, 5) is 17.4. The van der Waals surface area contributed by atoms with Gasteiger partial charge in [0.1, 0.15) is 0 Å². The molecular weight excluding hydrogens is 324 g/mol. The molecule has 1 amide bonds. The Hall–Kier alpha value is -0.620. The SMILES string of the molecule is O=C(CN1CCCCCC1)N(C1CCCCC1)C1CCS(=O)(=O)C1. The maximum absolute atomic E-state index is 13.1. The summed E-state index contributed by atoms with van der Waals surface area (Å²) < 4.78 is 23.9. The predicted molar refractivity (Wildman–Crippen MR) is 95.7 cm³/mol. The van der Waals surface area contributed by atoms with Gasteiger partial charge in [0.2, 0.25) is 5.91 Å². The van der Waals surface area contributed by atoms with Crippen molar-refractivity contribution < 1.29 is 13.2 Å². The lowest BCUT2D eigenvalue weighted by molar-refractivity contribution is -0.137. The molecule has 138 valence electrons. The average Bonchev–Trinajstić information content (AvgIpc) is 2.75. The summed E-state index contributed by atoms with van der Waals surface area (Å²) in [5, 5.41) is 0. The van der Waals surface area contributed by atoms with Gasteiger partial charge >= 0.3 is 0 Å². The van der Waals surface area contributed by atoms with Crippen molar-refractivity contribution in [2.75, 3.05) is 31.1 Å². The Labute approximate surface area is 146 Å². The number of rotatable bonds is 4. The molecular formula is C18H32N2O3S. The Balaban J connectivity index is 1.69. The molecule has 2 saturated heterocycles. The summed E-state index contributed by atoms with van der Waals surface area (Å²) in [6.07, 6.45) is 11.2. The molecule has 1 aliphatic carbocycles. The van der Waals surface area contributed by atoms with Crippen LogP contribution in [0, 0.1) is 0 Å². The highest BCUT2D eigenvalue weighted by Gasteiger charge is 2.38. The minimum Gasteiger partial charge on any atom is -0.335 e. The van der Waals surface area contributed by atoms with E-state index < -0.39 is 9.84 Å². The van der Waals surface area contributed by atoms with Gasteiger partial charge in [-0.05, 0) is 45.2 Å². The van der Waals surface area contributed by atoms with E-state index in [-0.39, 0.29) is 29.5 Å². The number of carbonyl (C=O) groups is 1. The summed E-state index contributed by atoms with van der Waals surface area (Å²) in [6, 6.07) is 0.175. The molecule has 1 unspecified atom stereocenters. The van der Waals surface area contributed by atoms with Crippen LogP contribution in [-0.2, 0) is 14.6 Å². The van der Waals surface area contributed by atoms with Gasteiger partial charge in [0.05, 0.1) is 18.1 Å². The first-order valence-corrected chi connectivity index (χ1v) is 11.6. The Morgan fingerprint density at radius 2 is 1.50 bits per heavy atom. The van der Waals surface area contributed by atoms with Crippen molar-refractivity contribution in [3.63, 3.8) is 0 Å². The molecule has 1 saturated carbocycles. The summed E-state index contributed by atoms with van der Waals surface area (Å²) in [7, 11) is -2.96. The normalized spacial score (nSPS) is 29.2. The zero-order valence-corrected chi connectivity index (χ0v) is 15.6. The van der Waals surface area contributed by atoms with E-state index in [0.29, 0.717) is 13.0 Å². The van der Waals surface area contributed by atoms with Crippen molar-refractivity contribution in [1.29, 1.82) is 0 Å². The van der Waals surface area contributed by atoms with Crippen LogP contribution >= 0.6 is 0 Å². The van der Waals surface area contributed by atoms with Crippen LogP contribution in [-0.4, -0.2) is 67.3 Å². The molecule has 6 heteroatoms. The first-order valence-electron chi connectivity index (χ1n) is 9.79. The van der Waals surface area contributed by atoms with Crippen LogP contribution in [0.3, 0.4) is 0 Å². The van der Waals surface area contributed by atoms with Gasteiger partial charge in [0, 0.05) is 12.1 Å². The molecule has 24 heavy (non-hydrogen) atoms. The second-order valence-electron chi connectivity index (χ2n) is 7.84. The molecule has 3 rings (SSSR count). The lowest BCUT2D eigenvalue weighted by Crippen LogP contribution is -2.52. The van der Waals surface area contributed by atoms with Crippen LogP contribution in [0.4, 0.5) is 0 Å². The molecule has 0 aromatic rings. The number of amides is 1. The van der Waals surface area contributed by atoms with Gasteiger partial charge in [-0.15, -0.1) is 0 Å². The van der Waals surface area contributed by atoms with E-state index in [1.54, 1.807) is 0 Å². The van der Waals surface area contributed by atoms with Gasteiger partial charge in [0.15, 0.2) is 9.84 Å². The van der Waals surface area contributed by atoms with Gasteiger partial charge in [-0.2, -0.15) is 0 Å². The van der Waals surface area contributed by atoms with Gasteiger partial charge < -0.3 is 4.90 Å². The highest BCUT2D eigenvalue weighted by atomic mass is 32.2. The Morgan fingerprint density at radius 1 is 0.875 bits per heavy atom.